The molecule has 0 bridgehead atoms. The van der Waals surface area contributed by atoms with E-state index >= 15 is 0 Å². The van der Waals surface area contributed by atoms with Crippen molar-refractivity contribution in [1.82, 2.24) is 13.7 Å². The van der Waals surface area contributed by atoms with Gasteiger partial charge in [-0.2, -0.15) is 4.31 Å². The number of rotatable bonds is 6. The molecule has 0 spiro atoms. The Labute approximate surface area is 120 Å². The lowest BCUT2D eigenvalue weighted by Crippen LogP contribution is -2.33. The monoisotopic (exact) mass is 323 g/mol. The number of hydrogen-bond donors (Lipinski definition) is 1. The van der Waals surface area contributed by atoms with Crippen LogP contribution in [-0.4, -0.2) is 46.9 Å². The molecule has 2 rings (SSSR count). The van der Waals surface area contributed by atoms with Crippen LogP contribution in [0.1, 0.15) is 13.3 Å². The number of nitrogens with zero attached hydrogens (tertiary/aromatic N) is 3. The van der Waals surface area contributed by atoms with Gasteiger partial charge in [-0.3, -0.25) is 4.40 Å². The van der Waals surface area contributed by atoms with E-state index < -0.39 is 10.0 Å². The van der Waals surface area contributed by atoms with Gasteiger partial charge in [-0.1, -0.05) is 18.5 Å². The molecule has 0 atom stereocenters. The number of sulfonamides is 1. The Morgan fingerprint density at radius 2 is 2.32 bits per heavy atom. The fourth-order valence-electron chi connectivity index (χ4n) is 1.79. The molecule has 0 aromatic carbocycles. The van der Waals surface area contributed by atoms with Crippen molar-refractivity contribution in [2.45, 2.75) is 18.4 Å². The lowest BCUT2D eigenvalue weighted by atomic mass is 10.4. The van der Waals surface area contributed by atoms with E-state index in [0.29, 0.717) is 17.9 Å². The summed E-state index contributed by atoms with van der Waals surface area (Å²) in [7, 11) is -3.71. The van der Waals surface area contributed by atoms with Gasteiger partial charge in [0.15, 0.2) is 15.1 Å². The minimum atomic E-state index is -3.71. The van der Waals surface area contributed by atoms with E-state index in [1.54, 1.807) is 18.5 Å². The molecule has 2 aromatic rings. The Balaban J connectivity index is 2.48. The highest BCUT2D eigenvalue weighted by Gasteiger charge is 2.30. The summed E-state index contributed by atoms with van der Waals surface area (Å²) in [6.45, 7) is 2.26. The molecule has 0 fully saturated rings. The zero-order valence-electron chi connectivity index (χ0n) is 10.3. The summed E-state index contributed by atoms with van der Waals surface area (Å²) in [6, 6.07) is 0. The lowest BCUT2D eigenvalue weighted by molar-refractivity contribution is 0.271. The smallest absolute Gasteiger partial charge is 0.262 e. The molecule has 2 aromatic heterocycles. The van der Waals surface area contributed by atoms with Crippen molar-refractivity contribution in [1.29, 1.82) is 0 Å². The summed E-state index contributed by atoms with van der Waals surface area (Å²) in [4.78, 5) is 4.57. The SMILES string of the molecule is CCN(CCCO)S(=O)(=O)c1c(Cl)nc2sccn12. The standard InChI is InChI=1S/C10H14ClN3O3S2/c1-2-13(4-3-6-15)19(16,17)9-8(11)12-10-14(9)5-7-18-10/h5,7,15H,2-4,6H2,1H3. The quantitative estimate of drug-likeness (QED) is 0.873. The molecule has 6 nitrogen and oxygen atoms in total. The zero-order valence-corrected chi connectivity index (χ0v) is 12.7. The third-order valence-corrected chi connectivity index (χ3v) is 5.81. The molecule has 0 radical (unpaired) electrons. The predicted molar refractivity (Wildman–Crippen MR) is 74.2 cm³/mol. The van der Waals surface area contributed by atoms with Crippen LogP contribution in [0, 0.1) is 0 Å². The van der Waals surface area contributed by atoms with Gasteiger partial charge in [-0.05, 0) is 6.42 Å². The maximum Gasteiger partial charge on any atom is 0.262 e. The predicted octanol–water partition coefficient (Wildman–Crippen LogP) is 1.44. The lowest BCUT2D eigenvalue weighted by Gasteiger charge is -2.19. The molecule has 0 amide bonds. The average molecular weight is 324 g/mol. The van der Waals surface area contributed by atoms with Crippen LogP contribution in [0.2, 0.25) is 5.15 Å². The van der Waals surface area contributed by atoms with Gasteiger partial charge in [-0.25, -0.2) is 13.4 Å². The van der Waals surface area contributed by atoms with Gasteiger partial charge in [0.05, 0.1) is 0 Å². The Morgan fingerprint density at radius 1 is 1.58 bits per heavy atom. The summed E-state index contributed by atoms with van der Waals surface area (Å²) >= 11 is 7.27. The summed E-state index contributed by atoms with van der Waals surface area (Å²) in [5, 5.41) is 10.6. The molecule has 0 unspecified atom stereocenters. The summed E-state index contributed by atoms with van der Waals surface area (Å²) in [5.74, 6) is 0. The second kappa shape index (κ2) is 5.76. The zero-order chi connectivity index (χ0) is 14.0. The molecule has 0 aliphatic carbocycles. The van der Waals surface area contributed by atoms with Crippen molar-refractivity contribution in [2.75, 3.05) is 19.7 Å². The number of halogens is 1. The van der Waals surface area contributed by atoms with E-state index in [1.807, 2.05) is 0 Å². The maximum absolute atomic E-state index is 12.6. The molecule has 19 heavy (non-hydrogen) atoms. The first-order chi connectivity index (χ1) is 9.02. The summed E-state index contributed by atoms with van der Waals surface area (Å²) in [6.07, 6.45) is 2.02. The van der Waals surface area contributed by atoms with Crippen molar-refractivity contribution >= 4 is 37.9 Å². The van der Waals surface area contributed by atoms with Crippen LogP contribution in [0.4, 0.5) is 0 Å². The first kappa shape index (κ1) is 14.7. The van der Waals surface area contributed by atoms with E-state index in [0.717, 1.165) is 0 Å². The van der Waals surface area contributed by atoms with Crippen molar-refractivity contribution < 1.29 is 13.5 Å². The molecule has 9 heteroatoms. The number of hydrogen-bond acceptors (Lipinski definition) is 5. The third kappa shape index (κ3) is 2.63. The average Bonchev–Trinajstić information content (AvgIpc) is 2.88. The summed E-state index contributed by atoms with van der Waals surface area (Å²) in [5.41, 5.74) is 0. The van der Waals surface area contributed by atoms with Crippen LogP contribution in [0.15, 0.2) is 16.6 Å². The first-order valence-electron chi connectivity index (χ1n) is 5.74. The summed E-state index contributed by atoms with van der Waals surface area (Å²) < 4.78 is 27.9. The molecule has 1 N–H and O–H groups in total. The van der Waals surface area contributed by atoms with Crippen LogP contribution in [0.3, 0.4) is 0 Å². The third-order valence-electron chi connectivity index (χ3n) is 2.68. The molecular formula is C10H14ClN3O3S2. The Bertz CT molecular complexity index is 665. The van der Waals surface area contributed by atoms with Gasteiger partial charge in [0, 0.05) is 31.3 Å². The van der Waals surface area contributed by atoms with Gasteiger partial charge in [0.2, 0.25) is 0 Å². The fourth-order valence-corrected chi connectivity index (χ4v) is 4.68. The van der Waals surface area contributed by atoms with Gasteiger partial charge in [-0.15, -0.1) is 11.3 Å². The number of aromatic nitrogens is 2. The van der Waals surface area contributed by atoms with Crippen molar-refractivity contribution in [2.24, 2.45) is 0 Å². The van der Waals surface area contributed by atoms with Crippen molar-refractivity contribution in [3.8, 4) is 0 Å². The van der Waals surface area contributed by atoms with Crippen LogP contribution in [-0.2, 0) is 10.0 Å². The van der Waals surface area contributed by atoms with E-state index in [-0.39, 0.29) is 23.3 Å². The van der Waals surface area contributed by atoms with E-state index in [9.17, 15) is 8.42 Å². The molecule has 0 saturated carbocycles. The van der Waals surface area contributed by atoms with E-state index in [4.69, 9.17) is 16.7 Å². The maximum atomic E-state index is 12.6. The van der Waals surface area contributed by atoms with Gasteiger partial charge >= 0.3 is 0 Å². The first-order valence-corrected chi connectivity index (χ1v) is 8.44. The largest absolute Gasteiger partial charge is 0.396 e. The Morgan fingerprint density at radius 3 is 2.95 bits per heavy atom. The normalized spacial score (nSPS) is 12.6. The molecular weight excluding hydrogens is 310 g/mol. The van der Waals surface area contributed by atoms with Gasteiger partial charge in [0.25, 0.3) is 10.0 Å². The number of imidazole rings is 1. The number of thiazole rings is 1. The number of aliphatic hydroxyl groups excluding tert-OH is 1. The molecule has 106 valence electrons. The van der Waals surface area contributed by atoms with Gasteiger partial charge in [0.1, 0.15) is 0 Å². The van der Waals surface area contributed by atoms with E-state index in [1.165, 1.54) is 20.0 Å². The number of fused-ring (bicyclic) bond motifs is 1. The molecule has 0 aliphatic rings. The van der Waals surface area contributed by atoms with Crippen LogP contribution in [0.25, 0.3) is 4.96 Å². The van der Waals surface area contributed by atoms with Crippen molar-refractivity contribution in [3.05, 3.63) is 16.7 Å². The molecule has 0 saturated heterocycles. The molecule has 2 heterocycles. The highest BCUT2D eigenvalue weighted by atomic mass is 35.5. The highest BCUT2D eigenvalue weighted by Crippen LogP contribution is 2.27. The highest BCUT2D eigenvalue weighted by molar-refractivity contribution is 7.89. The van der Waals surface area contributed by atoms with Gasteiger partial charge < -0.3 is 5.11 Å². The second-order valence-electron chi connectivity index (χ2n) is 3.84. The molecule has 0 aliphatic heterocycles. The number of aliphatic hydroxyl groups is 1. The second-order valence-corrected chi connectivity index (χ2v) is 6.92. The van der Waals surface area contributed by atoms with Crippen LogP contribution >= 0.6 is 22.9 Å². The van der Waals surface area contributed by atoms with Crippen LogP contribution < -0.4 is 0 Å². The minimum absolute atomic E-state index is 0.00907. The van der Waals surface area contributed by atoms with Crippen molar-refractivity contribution in [3.63, 3.8) is 0 Å². The topological polar surface area (TPSA) is 74.9 Å². The Kier molecular flexibility index (Phi) is 4.46. The fraction of sp³-hybridized carbons (Fsp3) is 0.500. The van der Waals surface area contributed by atoms with E-state index in [2.05, 4.69) is 4.98 Å². The Hall–Kier alpha value is -0.670. The minimum Gasteiger partial charge on any atom is -0.396 e. The van der Waals surface area contributed by atoms with Crippen LogP contribution in [0.5, 0.6) is 0 Å².